The summed E-state index contributed by atoms with van der Waals surface area (Å²) in [6.07, 6.45) is -9.38. The van der Waals surface area contributed by atoms with E-state index in [4.69, 9.17) is 23.2 Å². The number of nitrogens with zero attached hydrogens (tertiary/aromatic N) is 1. The van der Waals surface area contributed by atoms with Gasteiger partial charge in [-0.3, -0.25) is 9.59 Å². The van der Waals surface area contributed by atoms with Gasteiger partial charge in [-0.25, -0.2) is 4.39 Å². The molecule has 3 rings (SSSR count). The normalized spacial score (nSPS) is 14.9. The molecule has 0 fully saturated rings. The molecule has 2 aromatic carbocycles. The van der Waals surface area contributed by atoms with Crippen LogP contribution in [0.2, 0.25) is 10.0 Å². The van der Waals surface area contributed by atoms with Gasteiger partial charge in [0.25, 0.3) is 0 Å². The molecule has 2 aromatic rings. The van der Waals surface area contributed by atoms with Crippen molar-refractivity contribution in [3.8, 4) is 0 Å². The van der Waals surface area contributed by atoms with Crippen molar-refractivity contribution < 1.29 is 40.3 Å². The molecule has 36 heavy (non-hydrogen) atoms. The highest BCUT2D eigenvalue weighted by Gasteiger charge is 2.39. The number of Topliss-reactive ketones (excluding diaryl/α,β-unsaturated/α-hetero) is 1. The second-order valence-corrected chi connectivity index (χ2v) is 9.01. The van der Waals surface area contributed by atoms with Gasteiger partial charge in [0.15, 0.2) is 5.82 Å². The summed E-state index contributed by atoms with van der Waals surface area (Å²) in [5.74, 6) is -4.74. The molecule has 1 heterocycles. The van der Waals surface area contributed by atoms with Crippen molar-refractivity contribution >= 4 is 46.7 Å². The number of allylic oxidation sites excluding steroid dienone is 1. The first-order chi connectivity index (χ1) is 16.7. The molecule has 194 valence electrons. The smallest absolute Gasteiger partial charge is 0.312 e. The zero-order chi connectivity index (χ0) is 26.8. The van der Waals surface area contributed by atoms with E-state index in [9.17, 15) is 40.3 Å². The van der Waals surface area contributed by atoms with E-state index in [1.807, 2.05) is 0 Å². The lowest BCUT2D eigenvalue weighted by Gasteiger charge is -2.18. The Labute approximate surface area is 211 Å². The second-order valence-electron chi connectivity index (χ2n) is 8.19. The molecule has 0 spiro atoms. The van der Waals surface area contributed by atoms with Crippen LogP contribution in [0, 0.1) is 5.82 Å². The fraction of sp³-hybridized carbons (Fsp3) is 0.333. The van der Waals surface area contributed by atoms with Crippen LogP contribution in [0.15, 0.2) is 36.4 Å². The molecule has 1 aliphatic rings. The average molecular weight is 556 g/mol. The lowest BCUT2D eigenvalue weighted by Crippen LogP contribution is -2.29. The largest absolute Gasteiger partial charge is 0.399 e. The maximum Gasteiger partial charge on any atom is 0.399 e. The number of alkyl halides is 6. The van der Waals surface area contributed by atoms with Crippen molar-refractivity contribution in [2.24, 2.45) is 0 Å². The van der Waals surface area contributed by atoms with Crippen molar-refractivity contribution in [2.45, 2.75) is 44.0 Å². The van der Waals surface area contributed by atoms with Gasteiger partial charge in [0.05, 0.1) is 16.0 Å². The molecule has 0 aliphatic carbocycles. The molecule has 1 unspecified atom stereocenters. The molecule has 0 saturated heterocycles. The summed E-state index contributed by atoms with van der Waals surface area (Å²) in [6, 6.07) is 6.30. The van der Waals surface area contributed by atoms with Crippen molar-refractivity contribution in [2.75, 3.05) is 11.4 Å². The molecule has 1 atom stereocenters. The topological polar surface area (TPSA) is 37.4 Å². The van der Waals surface area contributed by atoms with Crippen LogP contribution < -0.4 is 4.90 Å². The number of benzene rings is 2. The molecule has 0 radical (unpaired) electrons. The first-order valence-corrected chi connectivity index (χ1v) is 11.3. The number of rotatable bonds is 7. The van der Waals surface area contributed by atoms with Crippen LogP contribution >= 0.6 is 23.2 Å². The number of hydrogen-bond acceptors (Lipinski definition) is 2. The molecule has 0 N–H and O–H groups in total. The highest BCUT2D eigenvalue weighted by molar-refractivity contribution is 6.35. The number of carbonyl (C=O) groups excluding carboxylic acids is 2. The standard InChI is InChI=1S/C24H18Cl2F7NO2/c25-18-10-15(11-19(26)22(18)27)17(24(31,32)33)4-1-13-2-5-20-14(9-13)7-8-34(20)21(36)6-3-16(35)12-23(28,29)30/h1-2,4-5,9-11,17H,3,6-8,12H2/b4-1+. The van der Waals surface area contributed by atoms with Crippen LogP contribution in [-0.4, -0.2) is 30.6 Å². The first-order valence-electron chi connectivity index (χ1n) is 10.6. The van der Waals surface area contributed by atoms with Gasteiger partial charge in [0.1, 0.15) is 12.2 Å². The number of carbonyl (C=O) groups is 2. The highest BCUT2D eigenvalue weighted by atomic mass is 35.5. The summed E-state index contributed by atoms with van der Waals surface area (Å²) < 4.78 is 91.6. The van der Waals surface area contributed by atoms with Gasteiger partial charge in [-0.1, -0.05) is 41.4 Å². The third kappa shape index (κ3) is 7.00. The second kappa shape index (κ2) is 10.8. The van der Waals surface area contributed by atoms with Gasteiger partial charge < -0.3 is 4.90 Å². The molecule has 1 amide bonds. The van der Waals surface area contributed by atoms with Gasteiger partial charge in [-0.15, -0.1) is 0 Å². The summed E-state index contributed by atoms with van der Waals surface area (Å²) >= 11 is 11.3. The third-order valence-electron chi connectivity index (χ3n) is 5.51. The summed E-state index contributed by atoms with van der Waals surface area (Å²) in [7, 11) is 0. The van der Waals surface area contributed by atoms with E-state index in [1.165, 1.54) is 23.1 Å². The Morgan fingerprint density at radius 3 is 2.22 bits per heavy atom. The fourth-order valence-electron chi connectivity index (χ4n) is 3.85. The van der Waals surface area contributed by atoms with Crippen LogP contribution in [0.1, 0.15) is 41.9 Å². The van der Waals surface area contributed by atoms with Crippen molar-refractivity contribution in [1.82, 2.24) is 0 Å². The molecule has 0 bridgehead atoms. The van der Waals surface area contributed by atoms with Crippen LogP contribution in [0.25, 0.3) is 6.08 Å². The van der Waals surface area contributed by atoms with Crippen molar-refractivity contribution in [3.63, 3.8) is 0 Å². The molecule has 0 saturated carbocycles. The predicted octanol–water partition coefficient (Wildman–Crippen LogP) is 7.68. The zero-order valence-corrected chi connectivity index (χ0v) is 19.8. The van der Waals surface area contributed by atoms with Crippen LogP contribution in [0.3, 0.4) is 0 Å². The van der Waals surface area contributed by atoms with E-state index in [0.717, 1.165) is 18.2 Å². The maximum atomic E-state index is 13.7. The van der Waals surface area contributed by atoms with Crippen LogP contribution in [-0.2, 0) is 16.0 Å². The minimum atomic E-state index is -4.72. The number of ketones is 1. The van der Waals surface area contributed by atoms with E-state index in [0.29, 0.717) is 23.2 Å². The molecule has 3 nitrogen and oxygen atoms in total. The Morgan fingerprint density at radius 1 is 1.00 bits per heavy atom. The number of hydrogen-bond donors (Lipinski definition) is 0. The summed E-state index contributed by atoms with van der Waals surface area (Å²) in [5, 5.41) is -1.08. The van der Waals surface area contributed by atoms with Gasteiger partial charge in [0.2, 0.25) is 5.91 Å². The number of amides is 1. The van der Waals surface area contributed by atoms with E-state index in [2.05, 4.69) is 0 Å². The van der Waals surface area contributed by atoms with Crippen molar-refractivity contribution in [3.05, 3.63) is 69.0 Å². The van der Waals surface area contributed by atoms with Crippen molar-refractivity contribution in [1.29, 1.82) is 0 Å². The summed E-state index contributed by atoms with van der Waals surface area (Å²) in [4.78, 5) is 25.2. The Balaban J connectivity index is 1.74. The van der Waals surface area contributed by atoms with Gasteiger partial charge in [-0.05, 0) is 47.4 Å². The SMILES string of the molecule is O=C(CCC(=O)N1CCc2cc(/C=C/C(c3cc(Cl)c(F)c(Cl)c3)C(F)(F)F)ccc21)CC(F)(F)F. The molecule has 0 aromatic heterocycles. The fourth-order valence-corrected chi connectivity index (χ4v) is 4.35. The predicted molar refractivity (Wildman–Crippen MR) is 122 cm³/mol. The lowest BCUT2D eigenvalue weighted by atomic mass is 9.96. The number of halogens is 9. The molecular weight excluding hydrogens is 538 g/mol. The Morgan fingerprint density at radius 2 is 1.64 bits per heavy atom. The van der Waals surface area contributed by atoms with E-state index in [1.54, 1.807) is 6.07 Å². The molecule has 12 heteroatoms. The minimum Gasteiger partial charge on any atom is -0.312 e. The minimum absolute atomic E-state index is 0.229. The van der Waals surface area contributed by atoms with E-state index in [-0.39, 0.29) is 18.5 Å². The van der Waals surface area contributed by atoms with E-state index < -0.39 is 58.7 Å². The quantitative estimate of drug-likeness (QED) is 0.259. The van der Waals surface area contributed by atoms with Gasteiger partial charge in [0, 0.05) is 25.1 Å². The average Bonchev–Trinajstić information content (AvgIpc) is 3.17. The Kier molecular flexibility index (Phi) is 8.40. The Hall–Kier alpha value is -2.59. The maximum absolute atomic E-state index is 13.7. The van der Waals surface area contributed by atoms with Gasteiger partial charge in [-0.2, -0.15) is 26.3 Å². The third-order valence-corrected chi connectivity index (χ3v) is 6.06. The zero-order valence-electron chi connectivity index (χ0n) is 18.3. The summed E-state index contributed by atoms with van der Waals surface area (Å²) in [5.41, 5.74) is 1.19. The first kappa shape index (κ1) is 28.0. The molecule has 1 aliphatic heterocycles. The van der Waals surface area contributed by atoms with Crippen LogP contribution in [0.5, 0.6) is 0 Å². The molecular formula is C24H18Cl2F7NO2. The lowest BCUT2D eigenvalue weighted by molar-refractivity contribution is -0.152. The number of anilines is 1. The summed E-state index contributed by atoms with van der Waals surface area (Å²) in [6.45, 7) is 0.229. The van der Waals surface area contributed by atoms with Gasteiger partial charge >= 0.3 is 12.4 Å². The monoisotopic (exact) mass is 555 g/mol. The number of fused-ring (bicyclic) bond motifs is 1. The Bertz CT molecular complexity index is 1170. The van der Waals surface area contributed by atoms with E-state index >= 15 is 0 Å². The highest BCUT2D eigenvalue weighted by Crippen LogP contribution is 2.39. The van der Waals surface area contributed by atoms with Crippen LogP contribution in [0.4, 0.5) is 36.4 Å².